The molecule has 0 heterocycles. The first-order chi connectivity index (χ1) is 12.7. The van der Waals surface area contributed by atoms with Gasteiger partial charge in [-0.25, -0.2) is 9.51 Å². The maximum Gasteiger partial charge on any atom is 0.416 e. The average Bonchev–Trinajstić information content (AvgIpc) is 2.64. The lowest BCUT2D eigenvalue weighted by atomic mass is 10.2. The number of benzene rings is 2. The Labute approximate surface area is 152 Å². The SMILES string of the molecule is NC(=O)c1cccc(OCC(F)CCN(F)c2ccc(C(F)(F)F)cc2)c1. The summed E-state index contributed by atoms with van der Waals surface area (Å²) in [6, 6.07) is 9.34. The van der Waals surface area contributed by atoms with Gasteiger partial charge in [0.05, 0.1) is 17.8 Å². The first-order valence-electron chi connectivity index (χ1n) is 7.94. The zero-order valence-electron chi connectivity index (χ0n) is 14.0. The van der Waals surface area contributed by atoms with Crippen molar-refractivity contribution < 1.29 is 31.6 Å². The van der Waals surface area contributed by atoms with Crippen LogP contribution in [0.1, 0.15) is 22.3 Å². The van der Waals surface area contributed by atoms with Crippen LogP contribution >= 0.6 is 0 Å². The van der Waals surface area contributed by atoms with E-state index in [9.17, 15) is 26.8 Å². The first-order valence-corrected chi connectivity index (χ1v) is 7.94. The van der Waals surface area contributed by atoms with Gasteiger partial charge in [0.1, 0.15) is 18.5 Å². The lowest BCUT2D eigenvalue weighted by molar-refractivity contribution is -0.137. The highest BCUT2D eigenvalue weighted by Gasteiger charge is 2.30. The molecule has 0 saturated carbocycles. The Hall–Kier alpha value is -2.84. The number of rotatable bonds is 8. The van der Waals surface area contributed by atoms with Crippen LogP contribution in [-0.4, -0.2) is 25.2 Å². The third kappa shape index (κ3) is 6.12. The molecule has 0 aliphatic heterocycles. The molecule has 0 fully saturated rings. The van der Waals surface area contributed by atoms with Crippen LogP contribution in [0.3, 0.4) is 0 Å². The number of carbonyl (C=O) groups excluding carboxylic acids is 1. The third-order valence-electron chi connectivity index (χ3n) is 3.66. The second-order valence-electron chi connectivity index (χ2n) is 5.72. The van der Waals surface area contributed by atoms with Gasteiger partial charge in [0.2, 0.25) is 5.91 Å². The Morgan fingerprint density at radius 1 is 1.15 bits per heavy atom. The van der Waals surface area contributed by atoms with Crippen molar-refractivity contribution in [3.05, 3.63) is 59.7 Å². The number of hydrogen-bond acceptors (Lipinski definition) is 3. The van der Waals surface area contributed by atoms with Crippen molar-refractivity contribution in [2.45, 2.75) is 18.8 Å². The fourth-order valence-corrected chi connectivity index (χ4v) is 2.20. The number of nitrogens with two attached hydrogens (primary N) is 1. The minimum Gasteiger partial charge on any atom is -0.491 e. The Morgan fingerprint density at radius 3 is 2.41 bits per heavy atom. The van der Waals surface area contributed by atoms with E-state index in [2.05, 4.69) is 0 Å². The smallest absolute Gasteiger partial charge is 0.416 e. The molecular formula is C18H17F5N2O2. The summed E-state index contributed by atoms with van der Waals surface area (Å²) < 4.78 is 70.4. The Morgan fingerprint density at radius 2 is 1.81 bits per heavy atom. The standard InChI is InChI=1S/C18H17F5N2O2/c19-14(11-27-16-3-1-2-12(10-16)17(24)26)8-9-25(23)15-6-4-13(5-7-15)18(20,21)22/h1-7,10,14H,8-9,11H2,(H2,24,26). The van der Waals surface area contributed by atoms with E-state index in [4.69, 9.17) is 10.5 Å². The van der Waals surface area contributed by atoms with Crippen LogP contribution < -0.4 is 15.6 Å². The number of alkyl halides is 4. The minimum atomic E-state index is -4.51. The van der Waals surface area contributed by atoms with Gasteiger partial charge in [-0.05, 0) is 42.5 Å². The molecule has 0 radical (unpaired) electrons. The van der Waals surface area contributed by atoms with Crippen LogP contribution in [-0.2, 0) is 6.18 Å². The van der Waals surface area contributed by atoms with Crippen LogP contribution in [0.5, 0.6) is 5.75 Å². The van der Waals surface area contributed by atoms with Crippen molar-refractivity contribution in [1.82, 2.24) is 0 Å². The molecule has 0 aliphatic carbocycles. The molecule has 1 atom stereocenters. The quantitative estimate of drug-likeness (QED) is 0.542. The highest BCUT2D eigenvalue weighted by molar-refractivity contribution is 5.93. The Bertz CT molecular complexity index is 765. The highest BCUT2D eigenvalue weighted by atomic mass is 19.4. The lowest BCUT2D eigenvalue weighted by Crippen LogP contribution is -2.21. The summed E-state index contributed by atoms with van der Waals surface area (Å²) in [5.74, 6) is -0.407. The topological polar surface area (TPSA) is 55.6 Å². The minimum absolute atomic E-state index is 0.106. The summed E-state index contributed by atoms with van der Waals surface area (Å²) in [6.45, 7) is -0.736. The van der Waals surface area contributed by atoms with Crippen LogP contribution in [0.25, 0.3) is 0 Å². The van der Waals surface area contributed by atoms with E-state index in [1.54, 1.807) is 0 Å². The van der Waals surface area contributed by atoms with Crippen molar-refractivity contribution >= 4 is 11.6 Å². The van der Waals surface area contributed by atoms with E-state index in [0.29, 0.717) is 0 Å². The maximum absolute atomic E-state index is 13.9. The van der Waals surface area contributed by atoms with Crippen molar-refractivity contribution in [1.29, 1.82) is 0 Å². The number of halogens is 5. The molecule has 0 aliphatic rings. The first kappa shape index (κ1) is 20.5. The number of hydrogen-bond donors (Lipinski definition) is 1. The summed E-state index contributed by atoms with van der Waals surface area (Å²) in [4.78, 5) is 11.1. The van der Waals surface area contributed by atoms with Gasteiger partial charge in [-0.3, -0.25) is 4.79 Å². The van der Waals surface area contributed by atoms with Gasteiger partial charge in [-0.15, -0.1) is 0 Å². The molecule has 2 rings (SSSR count). The van der Waals surface area contributed by atoms with E-state index in [1.165, 1.54) is 24.3 Å². The molecule has 0 spiro atoms. The largest absolute Gasteiger partial charge is 0.491 e. The second-order valence-corrected chi connectivity index (χ2v) is 5.72. The van der Waals surface area contributed by atoms with Crippen molar-refractivity contribution in [3.8, 4) is 5.75 Å². The van der Waals surface area contributed by atoms with Crippen LogP contribution in [0.4, 0.5) is 27.7 Å². The molecule has 0 bridgehead atoms. The van der Waals surface area contributed by atoms with E-state index in [-0.39, 0.29) is 41.7 Å². The molecule has 2 aromatic rings. The van der Waals surface area contributed by atoms with Crippen molar-refractivity contribution in [2.75, 3.05) is 18.3 Å². The van der Waals surface area contributed by atoms with Crippen LogP contribution in [0.15, 0.2) is 48.5 Å². The van der Waals surface area contributed by atoms with E-state index >= 15 is 0 Å². The number of primary amides is 1. The fraction of sp³-hybridized carbons (Fsp3) is 0.278. The number of ether oxygens (including phenoxy) is 1. The normalized spacial score (nSPS) is 12.5. The molecule has 1 unspecified atom stereocenters. The molecule has 9 heteroatoms. The van der Waals surface area contributed by atoms with Gasteiger partial charge >= 0.3 is 6.18 Å². The number of anilines is 1. The van der Waals surface area contributed by atoms with Gasteiger partial charge in [0, 0.05) is 12.0 Å². The highest BCUT2D eigenvalue weighted by Crippen LogP contribution is 2.30. The molecule has 146 valence electrons. The van der Waals surface area contributed by atoms with E-state index < -0.39 is 23.8 Å². The second kappa shape index (κ2) is 8.70. The summed E-state index contributed by atoms with van der Waals surface area (Å²) in [5.41, 5.74) is 4.34. The summed E-state index contributed by atoms with van der Waals surface area (Å²) in [7, 11) is 0. The van der Waals surface area contributed by atoms with Gasteiger partial charge in [-0.2, -0.15) is 13.2 Å². The van der Waals surface area contributed by atoms with Gasteiger partial charge < -0.3 is 10.5 Å². The molecule has 0 saturated heterocycles. The van der Waals surface area contributed by atoms with E-state index in [0.717, 1.165) is 24.3 Å². The molecule has 1 amide bonds. The number of nitrogens with zero attached hydrogens (tertiary/aromatic N) is 1. The molecular weight excluding hydrogens is 371 g/mol. The molecule has 27 heavy (non-hydrogen) atoms. The molecule has 4 nitrogen and oxygen atoms in total. The zero-order chi connectivity index (χ0) is 20.0. The zero-order valence-corrected chi connectivity index (χ0v) is 14.0. The Kier molecular flexibility index (Phi) is 6.59. The predicted octanol–water partition coefficient (Wildman–Crippen LogP) is 4.30. The van der Waals surface area contributed by atoms with Crippen molar-refractivity contribution in [2.24, 2.45) is 5.73 Å². The molecule has 2 aromatic carbocycles. The molecule has 2 N–H and O–H groups in total. The van der Waals surface area contributed by atoms with Gasteiger partial charge in [-0.1, -0.05) is 10.5 Å². The lowest BCUT2D eigenvalue weighted by Gasteiger charge is -2.17. The summed E-state index contributed by atoms with van der Waals surface area (Å²) in [6.07, 6.45) is -6.27. The van der Waals surface area contributed by atoms with Crippen LogP contribution in [0.2, 0.25) is 0 Å². The summed E-state index contributed by atoms with van der Waals surface area (Å²) in [5, 5.41) is 0.167. The van der Waals surface area contributed by atoms with Crippen molar-refractivity contribution in [3.63, 3.8) is 0 Å². The third-order valence-corrected chi connectivity index (χ3v) is 3.66. The maximum atomic E-state index is 13.9. The van der Waals surface area contributed by atoms with Crippen LogP contribution in [0, 0.1) is 0 Å². The molecule has 0 aromatic heterocycles. The monoisotopic (exact) mass is 388 g/mol. The Balaban J connectivity index is 1.82. The van der Waals surface area contributed by atoms with E-state index in [1.807, 2.05) is 0 Å². The fourth-order valence-electron chi connectivity index (χ4n) is 2.20. The predicted molar refractivity (Wildman–Crippen MR) is 89.9 cm³/mol. The average molecular weight is 388 g/mol. The number of carbonyl (C=O) groups is 1. The van der Waals surface area contributed by atoms with Gasteiger partial charge in [0.25, 0.3) is 0 Å². The summed E-state index contributed by atoms with van der Waals surface area (Å²) >= 11 is 0. The van der Waals surface area contributed by atoms with Gasteiger partial charge in [0.15, 0.2) is 0 Å². The number of amides is 1.